The average molecular weight is 307 g/mol. The number of benzene rings is 1. The number of ether oxygens (including phenoxy) is 1. The fourth-order valence-corrected chi connectivity index (χ4v) is 4.05. The summed E-state index contributed by atoms with van der Waals surface area (Å²) in [6, 6.07) is 6.00. The molecule has 3 rings (SSSR count). The normalized spacial score (nSPS) is 20.9. The van der Waals surface area contributed by atoms with Gasteiger partial charge in [0.15, 0.2) is 0 Å². The number of fused-ring (bicyclic) bond motifs is 1. The number of aromatic nitrogens is 2. The third kappa shape index (κ3) is 2.77. The van der Waals surface area contributed by atoms with E-state index in [9.17, 15) is 0 Å². The quantitative estimate of drug-likeness (QED) is 0.783. The Hall–Kier alpha value is -1.23. The number of halogens is 1. The smallest absolute Gasteiger partial charge is 0.0979 e. The van der Waals surface area contributed by atoms with E-state index in [-0.39, 0.29) is 6.10 Å². The molecule has 1 aliphatic heterocycles. The number of hydrogen-bond donors (Lipinski definition) is 0. The van der Waals surface area contributed by atoms with Gasteiger partial charge in [0.05, 0.1) is 24.3 Å². The first-order valence-corrected chi connectivity index (χ1v) is 7.68. The van der Waals surface area contributed by atoms with Crippen LogP contribution in [-0.4, -0.2) is 21.4 Å². The zero-order chi connectivity index (χ0) is 13.9. The molecule has 2 heterocycles. The Morgan fingerprint density at radius 1 is 1.50 bits per heavy atom. The van der Waals surface area contributed by atoms with Crippen molar-refractivity contribution >= 4 is 23.4 Å². The van der Waals surface area contributed by atoms with Gasteiger partial charge in [-0.15, -0.1) is 18.3 Å². The molecule has 0 aliphatic carbocycles. The summed E-state index contributed by atoms with van der Waals surface area (Å²) < 4.78 is 8.04. The first kappa shape index (κ1) is 13.7. The van der Waals surface area contributed by atoms with Crippen molar-refractivity contribution in [2.24, 2.45) is 0 Å². The van der Waals surface area contributed by atoms with E-state index in [1.165, 1.54) is 10.5 Å². The molecule has 5 heteroatoms. The van der Waals surface area contributed by atoms with E-state index in [1.807, 2.05) is 36.4 Å². The standard InChI is InChI=1S/C15H15ClN2OS/c1-2-7-19-15-12-4-3-11(16)8-13(12)20-14(15)9-18-6-5-17-10-18/h2-6,8,10,14-15H,1,7,9H2/t14-,15-/m1/s1. The van der Waals surface area contributed by atoms with E-state index in [0.717, 1.165) is 11.6 Å². The first-order chi connectivity index (χ1) is 9.78. The number of nitrogens with zero attached hydrogens (tertiary/aromatic N) is 2. The number of rotatable bonds is 5. The van der Waals surface area contributed by atoms with Crippen molar-refractivity contribution in [3.8, 4) is 0 Å². The van der Waals surface area contributed by atoms with Crippen molar-refractivity contribution in [3.05, 3.63) is 60.2 Å². The van der Waals surface area contributed by atoms with Crippen LogP contribution in [0, 0.1) is 0 Å². The lowest BCUT2D eigenvalue weighted by Crippen LogP contribution is -2.19. The molecule has 1 aliphatic rings. The van der Waals surface area contributed by atoms with Gasteiger partial charge in [-0.3, -0.25) is 0 Å². The van der Waals surface area contributed by atoms with Crippen LogP contribution in [0.15, 0.2) is 54.5 Å². The van der Waals surface area contributed by atoms with Gasteiger partial charge in [0.1, 0.15) is 0 Å². The SMILES string of the molecule is C=CCO[C@@H]1c2ccc(Cl)cc2S[C@@H]1Cn1ccnc1. The van der Waals surface area contributed by atoms with Crippen molar-refractivity contribution in [1.82, 2.24) is 9.55 Å². The first-order valence-electron chi connectivity index (χ1n) is 6.42. The van der Waals surface area contributed by atoms with E-state index in [4.69, 9.17) is 16.3 Å². The second-order valence-electron chi connectivity index (χ2n) is 4.64. The molecule has 2 aromatic rings. The lowest BCUT2D eigenvalue weighted by atomic mass is 10.1. The third-order valence-electron chi connectivity index (χ3n) is 3.24. The van der Waals surface area contributed by atoms with Crippen molar-refractivity contribution in [3.63, 3.8) is 0 Å². The zero-order valence-electron chi connectivity index (χ0n) is 10.9. The molecule has 3 nitrogen and oxygen atoms in total. The van der Waals surface area contributed by atoms with Crippen LogP contribution in [0.2, 0.25) is 5.02 Å². The second-order valence-corrected chi connectivity index (χ2v) is 6.36. The van der Waals surface area contributed by atoms with E-state index in [1.54, 1.807) is 12.3 Å². The monoisotopic (exact) mass is 306 g/mol. The van der Waals surface area contributed by atoms with Crippen molar-refractivity contribution in [2.75, 3.05) is 6.61 Å². The number of hydrogen-bond acceptors (Lipinski definition) is 3. The van der Waals surface area contributed by atoms with Crippen molar-refractivity contribution in [2.45, 2.75) is 22.8 Å². The Bertz CT molecular complexity index is 600. The predicted molar refractivity (Wildman–Crippen MR) is 82.2 cm³/mol. The maximum Gasteiger partial charge on any atom is 0.0979 e. The van der Waals surface area contributed by atoms with E-state index in [0.29, 0.717) is 11.9 Å². The minimum absolute atomic E-state index is 0.0627. The molecule has 0 unspecified atom stereocenters. The van der Waals surface area contributed by atoms with E-state index >= 15 is 0 Å². The van der Waals surface area contributed by atoms with E-state index < -0.39 is 0 Å². The maximum atomic E-state index is 6.08. The molecule has 0 spiro atoms. The van der Waals surface area contributed by atoms with Crippen LogP contribution in [-0.2, 0) is 11.3 Å². The molecule has 0 radical (unpaired) electrons. The van der Waals surface area contributed by atoms with Gasteiger partial charge in [-0.25, -0.2) is 4.98 Å². The zero-order valence-corrected chi connectivity index (χ0v) is 12.5. The maximum absolute atomic E-state index is 6.08. The topological polar surface area (TPSA) is 27.1 Å². The molecule has 0 saturated carbocycles. The summed E-state index contributed by atoms with van der Waals surface area (Å²) in [6.45, 7) is 5.13. The van der Waals surface area contributed by atoms with Crippen molar-refractivity contribution < 1.29 is 4.74 Å². The molecule has 0 fully saturated rings. The second kappa shape index (κ2) is 6.04. The molecule has 0 amide bonds. The summed E-state index contributed by atoms with van der Waals surface area (Å²) in [5.74, 6) is 0. The highest BCUT2D eigenvalue weighted by Crippen LogP contribution is 2.47. The molecule has 0 N–H and O–H groups in total. The van der Waals surface area contributed by atoms with Gasteiger partial charge >= 0.3 is 0 Å². The molecule has 104 valence electrons. The Kier molecular flexibility index (Phi) is 4.15. The lowest BCUT2D eigenvalue weighted by Gasteiger charge is -2.20. The van der Waals surface area contributed by atoms with Gasteiger partial charge in [0.25, 0.3) is 0 Å². The number of imidazole rings is 1. The Morgan fingerprint density at radius 3 is 3.15 bits per heavy atom. The molecule has 1 aromatic heterocycles. The van der Waals surface area contributed by atoms with Gasteiger partial charge in [0, 0.05) is 28.9 Å². The van der Waals surface area contributed by atoms with Crippen LogP contribution in [0.3, 0.4) is 0 Å². The molecule has 20 heavy (non-hydrogen) atoms. The van der Waals surface area contributed by atoms with Gasteiger partial charge in [0.2, 0.25) is 0 Å². The highest BCUT2D eigenvalue weighted by Gasteiger charge is 2.34. The van der Waals surface area contributed by atoms with E-state index in [2.05, 4.69) is 22.2 Å². The summed E-state index contributed by atoms with van der Waals surface area (Å²) in [4.78, 5) is 5.30. The van der Waals surface area contributed by atoms with Crippen molar-refractivity contribution in [1.29, 1.82) is 0 Å². The Balaban J connectivity index is 1.84. The minimum Gasteiger partial charge on any atom is -0.368 e. The van der Waals surface area contributed by atoms with Gasteiger partial charge in [-0.1, -0.05) is 23.7 Å². The number of thioether (sulfide) groups is 1. The van der Waals surface area contributed by atoms with Gasteiger partial charge < -0.3 is 9.30 Å². The molecule has 1 aromatic carbocycles. The Labute approximate surface area is 127 Å². The summed E-state index contributed by atoms with van der Waals surface area (Å²) in [6.07, 6.45) is 7.45. The van der Waals surface area contributed by atoms with Crippen LogP contribution in [0.25, 0.3) is 0 Å². The third-order valence-corrected chi connectivity index (χ3v) is 4.78. The summed E-state index contributed by atoms with van der Waals surface area (Å²) in [5, 5.41) is 1.08. The summed E-state index contributed by atoms with van der Waals surface area (Å²) in [5.41, 5.74) is 1.21. The highest BCUT2D eigenvalue weighted by atomic mass is 35.5. The van der Waals surface area contributed by atoms with Gasteiger partial charge in [-0.2, -0.15) is 0 Å². The fraction of sp³-hybridized carbons (Fsp3) is 0.267. The van der Waals surface area contributed by atoms with Gasteiger partial charge in [-0.05, 0) is 17.7 Å². The largest absolute Gasteiger partial charge is 0.368 e. The van der Waals surface area contributed by atoms with Crippen LogP contribution in [0.4, 0.5) is 0 Å². The minimum atomic E-state index is 0.0627. The van der Waals surface area contributed by atoms with Crippen LogP contribution in [0.1, 0.15) is 11.7 Å². The van der Waals surface area contributed by atoms with Crippen LogP contribution >= 0.6 is 23.4 Å². The van der Waals surface area contributed by atoms with Crippen LogP contribution in [0.5, 0.6) is 0 Å². The average Bonchev–Trinajstić information content (AvgIpc) is 3.04. The molecule has 0 saturated heterocycles. The molecule has 0 bridgehead atoms. The molecular weight excluding hydrogens is 292 g/mol. The molecular formula is C15H15ClN2OS. The predicted octanol–water partition coefficient (Wildman–Crippen LogP) is 3.95. The summed E-state index contributed by atoms with van der Waals surface area (Å²) >= 11 is 7.90. The fourth-order valence-electron chi connectivity index (χ4n) is 2.37. The van der Waals surface area contributed by atoms with Crippen LogP contribution < -0.4 is 0 Å². The molecule has 2 atom stereocenters. The summed E-state index contributed by atoms with van der Waals surface area (Å²) in [7, 11) is 0. The lowest BCUT2D eigenvalue weighted by molar-refractivity contribution is 0.0704. The Morgan fingerprint density at radius 2 is 2.40 bits per heavy atom. The highest BCUT2D eigenvalue weighted by molar-refractivity contribution is 8.00.